The third kappa shape index (κ3) is 5.59. The Morgan fingerprint density at radius 3 is 2.53 bits per heavy atom. The number of aromatic nitrogens is 1. The maximum atomic E-state index is 10.3. The molecule has 1 amide bonds. The maximum Gasteiger partial charge on any atom is 0.246 e. The van der Waals surface area contributed by atoms with Gasteiger partial charge in [-0.3, -0.25) is 14.9 Å². The fourth-order valence-corrected chi connectivity index (χ4v) is 3.87. The number of methoxy groups -OCH3 is 1. The lowest BCUT2D eigenvalue weighted by atomic mass is 10.0. The monoisotopic (exact) mass is 423 g/mol. The zero-order valence-electron chi connectivity index (χ0n) is 16.4. The average molecular weight is 423 g/mol. The molecule has 7 nitrogen and oxygen atoms in total. The first kappa shape index (κ1) is 21.4. The van der Waals surface area contributed by atoms with Crippen LogP contribution in [-0.2, 0) is 9.53 Å². The number of rotatable bonds is 6. The van der Waals surface area contributed by atoms with Crippen LogP contribution in [0.1, 0.15) is 12.8 Å². The maximum absolute atomic E-state index is 10.3. The number of amides is 1. The van der Waals surface area contributed by atoms with Crippen LogP contribution in [0.25, 0.3) is 20.8 Å². The van der Waals surface area contributed by atoms with Gasteiger partial charge < -0.3 is 10.1 Å². The normalized spacial score (nSPS) is 13.0. The van der Waals surface area contributed by atoms with Crippen LogP contribution < -0.4 is 5.32 Å². The molecule has 1 N–H and O–H groups in total. The summed E-state index contributed by atoms with van der Waals surface area (Å²) >= 11 is 1.67. The first-order valence-corrected chi connectivity index (χ1v) is 10.1. The van der Waals surface area contributed by atoms with Crippen molar-refractivity contribution in [3.63, 3.8) is 0 Å². The number of carbonyl (C=O) groups is 1. The molecule has 1 heterocycles. The Kier molecular flexibility index (Phi) is 7.42. The van der Waals surface area contributed by atoms with E-state index in [0.29, 0.717) is 19.4 Å². The number of allylic oxidation sites excluding steroid dienone is 3. The Bertz CT molecular complexity index is 1050. The summed E-state index contributed by atoms with van der Waals surface area (Å²) in [5.74, 6) is 0. The van der Waals surface area contributed by atoms with Gasteiger partial charge in [-0.15, -0.1) is 11.3 Å². The number of hydrogen-bond acceptors (Lipinski definition) is 6. The molecule has 0 unspecified atom stereocenters. The molecule has 0 bridgehead atoms. The molecular formula is C22H21N3O4S. The number of para-hydroxylation sites is 1. The van der Waals surface area contributed by atoms with Gasteiger partial charge in [0.05, 0.1) is 21.7 Å². The van der Waals surface area contributed by atoms with Crippen LogP contribution in [-0.4, -0.2) is 30.0 Å². The summed E-state index contributed by atoms with van der Waals surface area (Å²) in [5.41, 5.74) is 4.27. The van der Waals surface area contributed by atoms with Gasteiger partial charge in [0, 0.05) is 30.9 Å². The SMILES string of the molecule is COCC1=CC=C([N+](=O)[O-])CC1.O=CNc1ccc(-c2nc3ccccc3s2)cc1. The van der Waals surface area contributed by atoms with Crippen LogP contribution >= 0.6 is 11.3 Å². The summed E-state index contributed by atoms with van der Waals surface area (Å²) in [6.07, 6.45) is 5.25. The van der Waals surface area contributed by atoms with E-state index in [0.717, 1.165) is 33.8 Å². The number of ether oxygens (including phenoxy) is 1. The molecule has 4 rings (SSSR count). The van der Waals surface area contributed by atoms with Crippen molar-refractivity contribution < 1.29 is 14.5 Å². The van der Waals surface area contributed by atoms with Crippen LogP contribution in [0.15, 0.2) is 72.0 Å². The standard InChI is InChI=1S/C14H10N2OS.C8H11NO3/c17-9-15-11-7-5-10(6-8-11)14-16-12-3-1-2-4-13(12)18-14;1-12-6-7-2-4-8(5-3-7)9(10)11/h1-9H,(H,15,17);2,4H,3,5-6H2,1H3. The molecule has 1 aromatic heterocycles. The van der Waals surface area contributed by atoms with Gasteiger partial charge in [-0.25, -0.2) is 4.98 Å². The first-order chi connectivity index (χ1) is 14.6. The second kappa shape index (κ2) is 10.4. The first-order valence-electron chi connectivity index (χ1n) is 9.29. The fraction of sp³-hybridized carbons (Fsp3) is 0.182. The second-order valence-electron chi connectivity index (χ2n) is 6.50. The van der Waals surface area contributed by atoms with Gasteiger partial charge in [0.2, 0.25) is 12.1 Å². The molecule has 1 aliphatic carbocycles. The van der Waals surface area contributed by atoms with Crippen molar-refractivity contribution in [3.8, 4) is 10.6 Å². The summed E-state index contributed by atoms with van der Waals surface area (Å²) < 4.78 is 6.09. The van der Waals surface area contributed by atoms with Crippen molar-refractivity contribution in [1.29, 1.82) is 0 Å². The minimum absolute atomic E-state index is 0.287. The topological polar surface area (TPSA) is 94.4 Å². The molecule has 0 atom stereocenters. The summed E-state index contributed by atoms with van der Waals surface area (Å²) in [7, 11) is 1.62. The Labute approximate surface area is 177 Å². The van der Waals surface area contributed by atoms with Gasteiger partial charge in [-0.2, -0.15) is 0 Å². The summed E-state index contributed by atoms with van der Waals surface area (Å²) in [6, 6.07) is 15.7. The van der Waals surface area contributed by atoms with Crippen LogP contribution in [0.4, 0.5) is 5.69 Å². The molecule has 0 radical (unpaired) electrons. The molecule has 0 spiro atoms. The van der Waals surface area contributed by atoms with Crippen molar-refractivity contribution in [1.82, 2.24) is 4.98 Å². The lowest BCUT2D eigenvalue weighted by Crippen LogP contribution is -2.05. The number of fused-ring (bicyclic) bond motifs is 1. The number of nitrogens with one attached hydrogen (secondary N) is 1. The highest BCUT2D eigenvalue weighted by molar-refractivity contribution is 7.21. The summed E-state index contributed by atoms with van der Waals surface area (Å²) in [5, 5.41) is 13.9. The number of anilines is 1. The van der Waals surface area contributed by atoms with Gasteiger partial charge in [0.15, 0.2) is 0 Å². The van der Waals surface area contributed by atoms with Crippen molar-refractivity contribution >= 4 is 33.7 Å². The van der Waals surface area contributed by atoms with E-state index < -0.39 is 0 Å². The molecule has 3 aromatic rings. The third-order valence-corrected chi connectivity index (χ3v) is 5.51. The lowest BCUT2D eigenvalue weighted by molar-refractivity contribution is -0.428. The smallest absolute Gasteiger partial charge is 0.246 e. The van der Waals surface area contributed by atoms with E-state index in [9.17, 15) is 14.9 Å². The van der Waals surface area contributed by atoms with Gasteiger partial charge >= 0.3 is 0 Å². The van der Waals surface area contributed by atoms with Crippen LogP contribution in [0.2, 0.25) is 0 Å². The molecule has 30 heavy (non-hydrogen) atoms. The van der Waals surface area contributed by atoms with E-state index in [4.69, 9.17) is 4.74 Å². The quantitative estimate of drug-likeness (QED) is 0.340. The molecule has 0 aliphatic heterocycles. The Morgan fingerprint density at radius 2 is 1.93 bits per heavy atom. The van der Waals surface area contributed by atoms with Gasteiger partial charge in [-0.1, -0.05) is 18.2 Å². The minimum atomic E-state index is -0.333. The number of carbonyl (C=O) groups excluding carboxylic acids is 1. The largest absolute Gasteiger partial charge is 0.380 e. The van der Waals surface area contributed by atoms with Crippen molar-refractivity contribution in [2.24, 2.45) is 0 Å². The molecular weight excluding hydrogens is 402 g/mol. The van der Waals surface area contributed by atoms with E-state index >= 15 is 0 Å². The molecule has 0 saturated carbocycles. The van der Waals surface area contributed by atoms with E-state index in [2.05, 4.69) is 16.4 Å². The molecule has 1 aliphatic rings. The van der Waals surface area contributed by atoms with E-state index in [1.165, 1.54) is 4.70 Å². The molecule has 154 valence electrons. The number of benzene rings is 2. The van der Waals surface area contributed by atoms with Crippen molar-refractivity contribution in [2.45, 2.75) is 12.8 Å². The Hall–Kier alpha value is -3.36. The minimum Gasteiger partial charge on any atom is -0.380 e. The van der Waals surface area contributed by atoms with Gasteiger partial charge in [-0.05, 0) is 48.4 Å². The Balaban J connectivity index is 0.000000187. The molecule has 8 heteroatoms. The summed E-state index contributed by atoms with van der Waals surface area (Å²) in [6.45, 7) is 0.571. The van der Waals surface area contributed by atoms with Crippen LogP contribution in [0.5, 0.6) is 0 Å². The average Bonchev–Trinajstić information content (AvgIpc) is 3.20. The number of hydrogen-bond donors (Lipinski definition) is 1. The zero-order valence-corrected chi connectivity index (χ0v) is 17.2. The van der Waals surface area contributed by atoms with E-state index in [-0.39, 0.29) is 10.6 Å². The van der Waals surface area contributed by atoms with Gasteiger partial charge in [0.25, 0.3) is 0 Å². The number of nitro groups is 1. The number of nitrogens with zero attached hydrogens (tertiary/aromatic N) is 2. The summed E-state index contributed by atoms with van der Waals surface area (Å²) in [4.78, 5) is 24.9. The third-order valence-electron chi connectivity index (χ3n) is 4.43. The highest BCUT2D eigenvalue weighted by atomic mass is 32.1. The number of thiazole rings is 1. The van der Waals surface area contributed by atoms with Crippen molar-refractivity contribution in [2.75, 3.05) is 19.0 Å². The fourth-order valence-electron chi connectivity index (χ4n) is 2.90. The predicted molar refractivity (Wildman–Crippen MR) is 119 cm³/mol. The van der Waals surface area contributed by atoms with Crippen LogP contribution in [0.3, 0.4) is 0 Å². The molecule has 0 saturated heterocycles. The van der Waals surface area contributed by atoms with Crippen molar-refractivity contribution in [3.05, 3.63) is 82.1 Å². The highest BCUT2D eigenvalue weighted by Gasteiger charge is 2.14. The predicted octanol–water partition coefficient (Wildman–Crippen LogP) is 5.05. The zero-order chi connectivity index (χ0) is 21.3. The lowest BCUT2D eigenvalue weighted by Gasteiger charge is -2.08. The van der Waals surface area contributed by atoms with Gasteiger partial charge in [0.1, 0.15) is 5.01 Å². The molecule has 2 aromatic carbocycles. The van der Waals surface area contributed by atoms with E-state index in [1.54, 1.807) is 30.6 Å². The van der Waals surface area contributed by atoms with Crippen LogP contribution in [0, 0.1) is 10.1 Å². The second-order valence-corrected chi connectivity index (χ2v) is 7.53. The highest BCUT2D eigenvalue weighted by Crippen LogP contribution is 2.30. The Morgan fingerprint density at radius 1 is 1.17 bits per heavy atom. The molecule has 0 fully saturated rings. The van der Waals surface area contributed by atoms with E-state index in [1.807, 2.05) is 42.5 Å².